The van der Waals surface area contributed by atoms with Crippen LogP contribution in [-0.4, -0.2) is 19.8 Å². The maximum atomic E-state index is 5.20. The van der Waals surface area contributed by atoms with Gasteiger partial charge < -0.3 is 10.1 Å². The minimum absolute atomic E-state index is 0.777. The molecule has 0 bridgehead atoms. The zero-order valence-electron chi connectivity index (χ0n) is 5.18. The molecule has 0 aromatic heterocycles. The third-order valence-electron chi connectivity index (χ3n) is 1.64. The monoisotopic (exact) mass is 123 g/mol. The fourth-order valence-corrected chi connectivity index (χ4v) is 1.14. The van der Waals surface area contributed by atoms with Crippen LogP contribution in [0.15, 0.2) is 23.4 Å². The second-order valence-electron chi connectivity index (χ2n) is 2.28. The summed E-state index contributed by atoms with van der Waals surface area (Å²) in [5.41, 5.74) is 2.60. The van der Waals surface area contributed by atoms with E-state index in [4.69, 9.17) is 4.74 Å². The molecule has 2 aliphatic rings. The van der Waals surface area contributed by atoms with Crippen LogP contribution < -0.4 is 5.32 Å². The Hall–Kier alpha value is -0.760. The van der Waals surface area contributed by atoms with E-state index >= 15 is 0 Å². The fraction of sp³-hybridized carbons (Fsp3) is 0.429. The van der Waals surface area contributed by atoms with Gasteiger partial charge in [0, 0.05) is 12.2 Å². The first kappa shape index (κ1) is 5.06. The van der Waals surface area contributed by atoms with Crippen LogP contribution in [0.1, 0.15) is 0 Å². The van der Waals surface area contributed by atoms with Gasteiger partial charge in [-0.2, -0.15) is 0 Å². The molecular formula is C7H9NO. The highest BCUT2D eigenvalue weighted by atomic mass is 16.5. The van der Waals surface area contributed by atoms with Crippen LogP contribution in [0.25, 0.3) is 0 Å². The predicted molar refractivity (Wildman–Crippen MR) is 35.0 cm³/mol. The maximum Gasteiger partial charge on any atom is 0.0870 e. The van der Waals surface area contributed by atoms with Crippen LogP contribution in [0.4, 0.5) is 0 Å². The SMILES string of the molecule is C1=CC2=C(COC2)NC1. The smallest absolute Gasteiger partial charge is 0.0870 e. The predicted octanol–water partition coefficient (Wildman–Crippen LogP) is 0.430. The molecule has 0 atom stereocenters. The number of rotatable bonds is 0. The van der Waals surface area contributed by atoms with Crippen LogP contribution in [0, 0.1) is 0 Å². The average Bonchev–Trinajstić information content (AvgIpc) is 2.33. The van der Waals surface area contributed by atoms with Gasteiger partial charge in [0.2, 0.25) is 0 Å². The molecular weight excluding hydrogens is 114 g/mol. The molecule has 2 heteroatoms. The Morgan fingerprint density at radius 2 is 2.44 bits per heavy atom. The molecule has 0 aliphatic carbocycles. The molecule has 0 aromatic carbocycles. The van der Waals surface area contributed by atoms with Gasteiger partial charge in [-0.25, -0.2) is 0 Å². The lowest BCUT2D eigenvalue weighted by Gasteiger charge is -2.07. The molecule has 2 heterocycles. The highest BCUT2D eigenvalue weighted by Crippen LogP contribution is 2.14. The van der Waals surface area contributed by atoms with Crippen molar-refractivity contribution in [1.29, 1.82) is 0 Å². The van der Waals surface area contributed by atoms with Gasteiger partial charge in [-0.15, -0.1) is 0 Å². The summed E-state index contributed by atoms with van der Waals surface area (Å²) in [6.07, 6.45) is 4.26. The quantitative estimate of drug-likeness (QED) is 0.504. The molecule has 0 spiro atoms. The zero-order valence-corrected chi connectivity index (χ0v) is 5.18. The summed E-state index contributed by atoms with van der Waals surface area (Å²) in [7, 11) is 0. The number of hydrogen-bond donors (Lipinski definition) is 1. The second-order valence-corrected chi connectivity index (χ2v) is 2.28. The Morgan fingerprint density at radius 3 is 3.33 bits per heavy atom. The van der Waals surface area contributed by atoms with Gasteiger partial charge in [0.05, 0.1) is 13.2 Å². The third kappa shape index (κ3) is 0.754. The molecule has 9 heavy (non-hydrogen) atoms. The van der Waals surface area contributed by atoms with Crippen molar-refractivity contribution in [1.82, 2.24) is 5.32 Å². The molecule has 0 saturated carbocycles. The first-order chi connectivity index (χ1) is 4.47. The minimum atomic E-state index is 0.777. The van der Waals surface area contributed by atoms with Gasteiger partial charge in [0.25, 0.3) is 0 Å². The fourth-order valence-electron chi connectivity index (χ4n) is 1.14. The molecule has 1 N–H and O–H groups in total. The van der Waals surface area contributed by atoms with Gasteiger partial charge in [-0.3, -0.25) is 0 Å². The molecule has 0 radical (unpaired) electrons. The number of dihydropyridines is 1. The van der Waals surface area contributed by atoms with Gasteiger partial charge in [-0.05, 0) is 5.57 Å². The number of hydrogen-bond acceptors (Lipinski definition) is 2. The molecule has 0 amide bonds. The lowest BCUT2D eigenvalue weighted by Crippen LogP contribution is -2.17. The molecule has 2 nitrogen and oxygen atoms in total. The van der Waals surface area contributed by atoms with Crippen molar-refractivity contribution in [3.05, 3.63) is 23.4 Å². The molecule has 2 aliphatic heterocycles. The van der Waals surface area contributed by atoms with Crippen molar-refractivity contribution in [2.45, 2.75) is 0 Å². The van der Waals surface area contributed by atoms with Crippen molar-refractivity contribution >= 4 is 0 Å². The molecule has 48 valence electrons. The van der Waals surface area contributed by atoms with E-state index in [1.165, 1.54) is 11.3 Å². The number of nitrogens with one attached hydrogen (secondary N) is 1. The summed E-state index contributed by atoms with van der Waals surface area (Å²) in [6.45, 7) is 2.53. The largest absolute Gasteiger partial charge is 0.383 e. The van der Waals surface area contributed by atoms with E-state index in [0.29, 0.717) is 0 Å². The van der Waals surface area contributed by atoms with E-state index in [2.05, 4.69) is 17.5 Å². The second kappa shape index (κ2) is 1.88. The Morgan fingerprint density at radius 1 is 1.44 bits per heavy atom. The van der Waals surface area contributed by atoms with E-state index in [0.717, 1.165) is 19.8 Å². The Balaban J connectivity index is 2.28. The summed E-state index contributed by atoms with van der Waals surface area (Å²) in [6, 6.07) is 0. The normalized spacial score (nSPS) is 24.0. The van der Waals surface area contributed by atoms with Crippen LogP contribution in [0.5, 0.6) is 0 Å². The van der Waals surface area contributed by atoms with E-state index in [1.54, 1.807) is 0 Å². The van der Waals surface area contributed by atoms with Crippen LogP contribution in [-0.2, 0) is 4.74 Å². The third-order valence-corrected chi connectivity index (χ3v) is 1.64. The van der Waals surface area contributed by atoms with Crippen molar-refractivity contribution in [2.75, 3.05) is 19.8 Å². The topological polar surface area (TPSA) is 21.3 Å². The van der Waals surface area contributed by atoms with Crippen molar-refractivity contribution in [3.63, 3.8) is 0 Å². The Kier molecular flexibility index (Phi) is 1.06. The van der Waals surface area contributed by atoms with Crippen molar-refractivity contribution < 1.29 is 4.74 Å². The lowest BCUT2D eigenvalue weighted by atomic mass is 10.2. The van der Waals surface area contributed by atoms with Crippen LogP contribution >= 0.6 is 0 Å². The van der Waals surface area contributed by atoms with Gasteiger partial charge in [0.1, 0.15) is 0 Å². The molecule has 0 fully saturated rings. The molecule has 0 unspecified atom stereocenters. The van der Waals surface area contributed by atoms with E-state index < -0.39 is 0 Å². The van der Waals surface area contributed by atoms with E-state index in [-0.39, 0.29) is 0 Å². The minimum Gasteiger partial charge on any atom is -0.383 e. The summed E-state index contributed by atoms with van der Waals surface area (Å²) >= 11 is 0. The van der Waals surface area contributed by atoms with Crippen molar-refractivity contribution in [2.24, 2.45) is 0 Å². The Bertz CT molecular complexity index is 181. The summed E-state index contributed by atoms with van der Waals surface area (Å²) in [5, 5.41) is 3.25. The van der Waals surface area contributed by atoms with Gasteiger partial charge in [-0.1, -0.05) is 12.2 Å². The highest BCUT2D eigenvalue weighted by Gasteiger charge is 2.13. The summed E-state index contributed by atoms with van der Waals surface area (Å²) in [4.78, 5) is 0. The average molecular weight is 123 g/mol. The Labute approximate surface area is 54.2 Å². The molecule has 0 aromatic rings. The van der Waals surface area contributed by atoms with Crippen LogP contribution in [0.3, 0.4) is 0 Å². The van der Waals surface area contributed by atoms with Crippen molar-refractivity contribution in [3.8, 4) is 0 Å². The van der Waals surface area contributed by atoms with Gasteiger partial charge in [0.15, 0.2) is 0 Å². The van der Waals surface area contributed by atoms with E-state index in [9.17, 15) is 0 Å². The first-order valence-electron chi connectivity index (χ1n) is 3.17. The highest BCUT2D eigenvalue weighted by molar-refractivity contribution is 5.31. The molecule has 2 rings (SSSR count). The van der Waals surface area contributed by atoms with Crippen LogP contribution in [0.2, 0.25) is 0 Å². The summed E-state index contributed by atoms with van der Waals surface area (Å²) < 4.78 is 5.20. The number of ether oxygens (including phenoxy) is 1. The zero-order chi connectivity index (χ0) is 6.10. The van der Waals surface area contributed by atoms with Gasteiger partial charge >= 0.3 is 0 Å². The standard InChI is InChI=1S/C7H9NO/c1-2-6-4-9-5-7(6)8-3-1/h1-2,8H,3-5H2. The van der Waals surface area contributed by atoms with E-state index in [1.807, 2.05) is 0 Å². The lowest BCUT2D eigenvalue weighted by molar-refractivity contribution is 0.203. The first-order valence-corrected chi connectivity index (χ1v) is 3.17. The summed E-state index contributed by atoms with van der Waals surface area (Å²) in [5.74, 6) is 0. The molecule has 0 saturated heterocycles. The maximum absolute atomic E-state index is 5.20.